The quantitative estimate of drug-likeness (QED) is 0.570. The molecule has 3 amide bonds. The summed E-state index contributed by atoms with van der Waals surface area (Å²) in [5, 5.41) is 13.4. The first-order valence-electron chi connectivity index (χ1n) is 8.19. The second-order valence-electron chi connectivity index (χ2n) is 5.52. The van der Waals surface area contributed by atoms with Crippen molar-refractivity contribution in [2.75, 3.05) is 19.4 Å². The van der Waals surface area contributed by atoms with Crippen molar-refractivity contribution in [2.24, 2.45) is 0 Å². The van der Waals surface area contributed by atoms with Gasteiger partial charge in [-0.2, -0.15) is 0 Å². The predicted molar refractivity (Wildman–Crippen MR) is 98.8 cm³/mol. The number of urea groups is 1. The lowest BCUT2D eigenvalue weighted by atomic mass is 10.2. The highest BCUT2D eigenvalue weighted by Crippen LogP contribution is 2.36. The van der Waals surface area contributed by atoms with Crippen LogP contribution in [-0.4, -0.2) is 46.1 Å². The van der Waals surface area contributed by atoms with Gasteiger partial charge in [-0.05, 0) is 12.1 Å². The molecule has 0 saturated heterocycles. The molecule has 142 valence electrons. The fourth-order valence-corrected chi connectivity index (χ4v) is 3.20. The number of benzene rings is 1. The number of hydrogen-bond donors (Lipinski definition) is 2. The van der Waals surface area contributed by atoms with Crippen molar-refractivity contribution in [3.8, 4) is 11.5 Å². The van der Waals surface area contributed by atoms with Gasteiger partial charge in [-0.25, -0.2) is 4.79 Å². The Bertz CT molecular complexity index is 854. The molecule has 9 nitrogen and oxygen atoms in total. The number of amides is 3. The van der Waals surface area contributed by atoms with Crippen LogP contribution >= 0.6 is 11.8 Å². The van der Waals surface area contributed by atoms with Crippen LogP contribution in [0.5, 0.6) is 11.5 Å². The monoisotopic (exact) mass is 389 g/mol. The average Bonchev–Trinajstić information content (AvgIpc) is 3.09. The minimum Gasteiger partial charge on any atom is -0.485 e. The van der Waals surface area contributed by atoms with Gasteiger partial charge in [0.2, 0.25) is 5.91 Å². The van der Waals surface area contributed by atoms with Crippen molar-refractivity contribution in [1.29, 1.82) is 0 Å². The molecule has 0 bridgehead atoms. The Kier molecular flexibility index (Phi) is 5.97. The number of ether oxygens (including phenoxy) is 2. The molecule has 1 atom stereocenters. The van der Waals surface area contributed by atoms with Crippen LogP contribution in [0.3, 0.4) is 0 Å². The second kappa shape index (κ2) is 8.58. The van der Waals surface area contributed by atoms with E-state index in [1.165, 1.54) is 18.8 Å². The van der Waals surface area contributed by atoms with Crippen molar-refractivity contribution < 1.29 is 19.1 Å². The van der Waals surface area contributed by atoms with Gasteiger partial charge in [0.25, 0.3) is 0 Å². The third-order valence-corrected chi connectivity index (χ3v) is 4.63. The molecule has 2 heterocycles. The van der Waals surface area contributed by atoms with Crippen LogP contribution in [-0.2, 0) is 11.3 Å². The molecule has 1 aromatic carbocycles. The van der Waals surface area contributed by atoms with Crippen LogP contribution in [0.1, 0.15) is 11.9 Å². The van der Waals surface area contributed by atoms with Crippen molar-refractivity contribution in [1.82, 2.24) is 25.4 Å². The topological polar surface area (TPSA) is 107 Å². The Morgan fingerprint density at radius 2 is 2.15 bits per heavy atom. The molecule has 0 unspecified atom stereocenters. The van der Waals surface area contributed by atoms with E-state index >= 15 is 0 Å². The maximum Gasteiger partial charge on any atom is 0.321 e. The average molecular weight is 389 g/mol. The van der Waals surface area contributed by atoms with Gasteiger partial charge in [0.05, 0.1) is 5.75 Å². The van der Waals surface area contributed by atoms with Crippen LogP contribution in [0.4, 0.5) is 4.79 Å². The van der Waals surface area contributed by atoms with Crippen LogP contribution in [0.2, 0.25) is 0 Å². The van der Waals surface area contributed by atoms with E-state index in [1.54, 1.807) is 6.08 Å². The van der Waals surface area contributed by atoms with Crippen LogP contribution in [0.25, 0.3) is 0 Å². The van der Waals surface area contributed by atoms with E-state index in [9.17, 15) is 9.59 Å². The zero-order chi connectivity index (χ0) is 19.2. The summed E-state index contributed by atoms with van der Waals surface area (Å²) in [6.07, 6.45) is 1.28. The number of allylic oxidation sites excluding steroid dienone is 1. The van der Waals surface area contributed by atoms with Gasteiger partial charge in [-0.1, -0.05) is 30.0 Å². The summed E-state index contributed by atoms with van der Waals surface area (Å²) in [7, 11) is 1.44. The lowest BCUT2D eigenvalue weighted by molar-refractivity contribution is -0.117. The van der Waals surface area contributed by atoms with Gasteiger partial charge in [0.15, 0.2) is 28.6 Å². The molecule has 0 aliphatic carbocycles. The summed E-state index contributed by atoms with van der Waals surface area (Å²) in [5.41, 5.74) is 0. The molecule has 1 aromatic heterocycles. The Morgan fingerprint density at radius 3 is 2.89 bits per heavy atom. The molecule has 0 spiro atoms. The van der Waals surface area contributed by atoms with Gasteiger partial charge < -0.3 is 14.8 Å². The number of aromatic nitrogens is 3. The molecule has 0 radical (unpaired) electrons. The van der Waals surface area contributed by atoms with E-state index in [0.29, 0.717) is 35.6 Å². The fourth-order valence-electron chi connectivity index (χ4n) is 2.45. The molecule has 27 heavy (non-hydrogen) atoms. The molecule has 0 fully saturated rings. The van der Waals surface area contributed by atoms with E-state index in [4.69, 9.17) is 9.47 Å². The number of fused-ring (bicyclic) bond motifs is 1. The lowest BCUT2D eigenvalue weighted by Gasteiger charge is -2.26. The fraction of sp³-hybridized carbons (Fsp3) is 0.294. The highest BCUT2D eigenvalue weighted by atomic mass is 32.2. The number of imide groups is 1. The van der Waals surface area contributed by atoms with Crippen molar-refractivity contribution in [3.63, 3.8) is 0 Å². The number of nitrogens with zero attached hydrogens (tertiary/aromatic N) is 3. The smallest absolute Gasteiger partial charge is 0.321 e. The summed E-state index contributed by atoms with van der Waals surface area (Å²) in [5.74, 6) is 1.50. The molecule has 10 heteroatoms. The van der Waals surface area contributed by atoms with E-state index < -0.39 is 18.0 Å². The highest BCUT2D eigenvalue weighted by Gasteiger charge is 2.28. The zero-order valence-corrected chi connectivity index (χ0v) is 15.5. The minimum absolute atomic E-state index is 0.0214. The molecular weight excluding hydrogens is 370 g/mol. The Morgan fingerprint density at radius 1 is 1.37 bits per heavy atom. The number of para-hydroxylation sites is 2. The Hall–Kier alpha value is -3.01. The molecule has 2 N–H and O–H groups in total. The predicted octanol–water partition coefficient (Wildman–Crippen LogP) is 1.52. The number of hydrogen-bond acceptors (Lipinski definition) is 7. The number of thioether (sulfide) groups is 1. The first kappa shape index (κ1) is 18.8. The van der Waals surface area contributed by atoms with Crippen molar-refractivity contribution in [3.05, 3.63) is 42.7 Å². The number of rotatable bonds is 6. The van der Waals surface area contributed by atoms with E-state index in [0.717, 1.165) is 0 Å². The van der Waals surface area contributed by atoms with Gasteiger partial charge in [0, 0.05) is 13.6 Å². The normalized spacial score (nSPS) is 15.1. The number of carbonyl (C=O) groups is 2. The van der Waals surface area contributed by atoms with E-state index in [-0.39, 0.29) is 5.75 Å². The molecule has 0 saturated carbocycles. The lowest BCUT2D eigenvalue weighted by Crippen LogP contribution is -2.38. The summed E-state index contributed by atoms with van der Waals surface area (Å²) in [6, 6.07) is 6.85. The summed E-state index contributed by atoms with van der Waals surface area (Å²) < 4.78 is 13.5. The van der Waals surface area contributed by atoms with Gasteiger partial charge in [-0.3, -0.25) is 14.7 Å². The van der Waals surface area contributed by atoms with E-state index in [1.807, 2.05) is 28.8 Å². The third-order valence-electron chi connectivity index (χ3n) is 3.67. The SMILES string of the molecule is C=CCn1c(SCC(=O)NC(=O)NC)nnc1[C@H]1COc2ccccc2O1. The summed E-state index contributed by atoms with van der Waals surface area (Å²) >= 11 is 1.17. The largest absolute Gasteiger partial charge is 0.485 e. The Labute approximate surface area is 160 Å². The number of carbonyl (C=O) groups excluding carboxylic acids is 2. The highest BCUT2D eigenvalue weighted by molar-refractivity contribution is 7.99. The van der Waals surface area contributed by atoms with Crippen LogP contribution in [0, 0.1) is 0 Å². The Balaban J connectivity index is 1.73. The number of nitrogens with one attached hydrogen (secondary N) is 2. The van der Waals surface area contributed by atoms with Crippen molar-refractivity contribution in [2.45, 2.75) is 17.8 Å². The van der Waals surface area contributed by atoms with Crippen molar-refractivity contribution >= 4 is 23.7 Å². The zero-order valence-electron chi connectivity index (χ0n) is 14.7. The second-order valence-corrected chi connectivity index (χ2v) is 6.46. The molecule has 3 rings (SSSR count). The third kappa shape index (κ3) is 4.40. The minimum atomic E-state index is -0.555. The standard InChI is InChI=1S/C17H19N5O4S/c1-3-8-22-15(13-9-25-11-6-4-5-7-12(11)26-13)20-21-17(22)27-10-14(23)19-16(24)18-2/h3-7,13H,1,8-10H2,2H3,(H2,18,19,23,24)/t13-/m1/s1. The molecule has 2 aromatic rings. The first-order chi connectivity index (χ1) is 13.1. The van der Waals surface area contributed by atoms with Crippen LogP contribution < -0.4 is 20.1 Å². The summed E-state index contributed by atoms with van der Waals surface area (Å²) in [4.78, 5) is 23.0. The van der Waals surface area contributed by atoms with Gasteiger partial charge in [0.1, 0.15) is 6.61 Å². The molecule has 1 aliphatic rings. The molecule has 1 aliphatic heterocycles. The van der Waals surface area contributed by atoms with Gasteiger partial charge in [-0.15, -0.1) is 16.8 Å². The maximum absolute atomic E-state index is 11.8. The van der Waals surface area contributed by atoms with Crippen LogP contribution in [0.15, 0.2) is 42.1 Å². The molecular formula is C17H19N5O4S. The van der Waals surface area contributed by atoms with E-state index in [2.05, 4.69) is 27.4 Å². The first-order valence-corrected chi connectivity index (χ1v) is 9.17. The van der Waals surface area contributed by atoms with Gasteiger partial charge >= 0.3 is 6.03 Å². The summed E-state index contributed by atoms with van der Waals surface area (Å²) in [6.45, 7) is 4.50. The maximum atomic E-state index is 11.8.